The lowest BCUT2D eigenvalue weighted by atomic mass is 9.92. The van der Waals surface area contributed by atoms with Gasteiger partial charge in [-0.1, -0.05) is 13.8 Å². The van der Waals surface area contributed by atoms with Gasteiger partial charge in [-0.05, 0) is 68.0 Å². The van der Waals surface area contributed by atoms with Crippen LogP contribution in [0.4, 0.5) is 4.39 Å². The molecular weight excluding hydrogens is 369 g/mol. The van der Waals surface area contributed by atoms with Gasteiger partial charge in [0.05, 0.1) is 0 Å². The van der Waals surface area contributed by atoms with E-state index < -0.39 is 6.04 Å². The van der Waals surface area contributed by atoms with Crippen LogP contribution in [0.25, 0.3) is 0 Å². The van der Waals surface area contributed by atoms with Crippen LogP contribution < -0.4 is 10.6 Å². The lowest BCUT2D eigenvalue weighted by molar-refractivity contribution is -0.134. The Labute approximate surface area is 166 Å². The second-order valence-electron chi connectivity index (χ2n) is 7.78. The molecule has 0 saturated carbocycles. The number of likely N-dealkylation sites (tertiary alicyclic amines) is 1. The maximum absolute atomic E-state index is 13.1. The van der Waals surface area contributed by atoms with E-state index in [-0.39, 0.29) is 36.0 Å². The first kappa shape index (κ1) is 21.6. The van der Waals surface area contributed by atoms with Crippen LogP contribution in [0, 0.1) is 23.6 Å². The first-order valence-corrected chi connectivity index (χ1v) is 9.51. The average Bonchev–Trinajstić information content (AvgIpc) is 2.97. The number of halogens is 2. The van der Waals surface area contributed by atoms with Crippen molar-refractivity contribution in [1.29, 1.82) is 0 Å². The van der Waals surface area contributed by atoms with Crippen LogP contribution in [-0.4, -0.2) is 48.9 Å². The summed E-state index contributed by atoms with van der Waals surface area (Å²) >= 11 is 0. The Balaban J connectivity index is 0.00000261. The van der Waals surface area contributed by atoms with Gasteiger partial charge >= 0.3 is 0 Å². The predicted molar refractivity (Wildman–Crippen MR) is 105 cm³/mol. The highest BCUT2D eigenvalue weighted by Gasteiger charge is 2.34. The number of hydrogen-bond acceptors (Lipinski definition) is 3. The van der Waals surface area contributed by atoms with E-state index in [0.717, 1.165) is 39.0 Å². The molecule has 3 atom stereocenters. The molecule has 1 unspecified atom stereocenters. The highest BCUT2D eigenvalue weighted by Crippen LogP contribution is 2.27. The standard InChI is InChI=1S/C20H28FN3O2.ClH/c1-13(2)18(23-19(25)14-3-5-17(21)6-4-14)20(26)24-9-7-15-11-22-12-16(15)8-10-24;/h3-6,13,15-16,18,22H,7-12H2,1-2H3,(H,23,25);1H/t15-,16+,18?;. The molecule has 2 heterocycles. The molecule has 2 aliphatic heterocycles. The highest BCUT2D eigenvalue weighted by atomic mass is 35.5. The quantitative estimate of drug-likeness (QED) is 0.820. The van der Waals surface area contributed by atoms with Crippen molar-refractivity contribution in [3.8, 4) is 0 Å². The van der Waals surface area contributed by atoms with Crippen molar-refractivity contribution in [3.05, 3.63) is 35.6 Å². The van der Waals surface area contributed by atoms with Gasteiger partial charge in [0.1, 0.15) is 11.9 Å². The number of nitrogens with zero attached hydrogens (tertiary/aromatic N) is 1. The number of hydrogen-bond donors (Lipinski definition) is 2. The van der Waals surface area contributed by atoms with Crippen molar-refractivity contribution in [2.45, 2.75) is 32.7 Å². The summed E-state index contributed by atoms with van der Waals surface area (Å²) in [6.07, 6.45) is 2.03. The van der Waals surface area contributed by atoms with Crippen molar-refractivity contribution in [2.24, 2.45) is 17.8 Å². The van der Waals surface area contributed by atoms with Gasteiger partial charge < -0.3 is 15.5 Å². The fourth-order valence-electron chi connectivity index (χ4n) is 3.97. The largest absolute Gasteiger partial charge is 0.341 e. The van der Waals surface area contributed by atoms with Gasteiger partial charge in [0, 0.05) is 18.7 Å². The first-order valence-electron chi connectivity index (χ1n) is 9.51. The maximum atomic E-state index is 13.1. The Morgan fingerprint density at radius 3 is 2.19 bits per heavy atom. The average molecular weight is 398 g/mol. The molecule has 2 saturated heterocycles. The Bertz CT molecular complexity index is 639. The van der Waals surface area contributed by atoms with E-state index in [0.29, 0.717) is 17.4 Å². The number of nitrogens with one attached hydrogen (secondary N) is 2. The van der Waals surface area contributed by atoms with Gasteiger partial charge in [0.15, 0.2) is 0 Å². The highest BCUT2D eigenvalue weighted by molar-refractivity contribution is 5.97. The maximum Gasteiger partial charge on any atom is 0.251 e. The third kappa shape index (κ3) is 5.20. The van der Waals surface area contributed by atoms with Gasteiger partial charge in [-0.2, -0.15) is 0 Å². The van der Waals surface area contributed by atoms with E-state index in [9.17, 15) is 14.0 Å². The molecule has 2 aliphatic rings. The second-order valence-corrected chi connectivity index (χ2v) is 7.78. The third-order valence-electron chi connectivity index (χ3n) is 5.66. The zero-order valence-electron chi connectivity index (χ0n) is 15.9. The molecule has 0 radical (unpaired) electrons. The fourth-order valence-corrected chi connectivity index (χ4v) is 3.97. The Hall–Kier alpha value is -1.66. The number of carbonyl (C=O) groups excluding carboxylic acids is 2. The molecule has 150 valence electrons. The number of amides is 2. The first-order chi connectivity index (χ1) is 12.5. The molecule has 1 aromatic carbocycles. The molecule has 27 heavy (non-hydrogen) atoms. The Kier molecular flexibility index (Phi) is 7.62. The molecule has 3 rings (SSSR count). The second kappa shape index (κ2) is 9.51. The number of benzene rings is 1. The summed E-state index contributed by atoms with van der Waals surface area (Å²) in [4.78, 5) is 27.5. The summed E-state index contributed by atoms with van der Waals surface area (Å²) < 4.78 is 13.1. The lowest BCUT2D eigenvalue weighted by Crippen LogP contribution is -2.51. The van der Waals surface area contributed by atoms with Gasteiger partial charge in [0.2, 0.25) is 5.91 Å². The number of fused-ring (bicyclic) bond motifs is 1. The zero-order chi connectivity index (χ0) is 18.7. The molecule has 0 spiro atoms. The van der Waals surface area contributed by atoms with E-state index in [1.807, 2.05) is 18.7 Å². The molecule has 2 fully saturated rings. The van der Waals surface area contributed by atoms with Gasteiger partial charge in [-0.15, -0.1) is 12.4 Å². The van der Waals surface area contributed by atoms with Crippen LogP contribution in [-0.2, 0) is 4.79 Å². The minimum Gasteiger partial charge on any atom is -0.341 e. The van der Waals surface area contributed by atoms with Crippen LogP contribution >= 0.6 is 12.4 Å². The molecule has 5 nitrogen and oxygen atoms in total. The van der Waals surface area contributed by atoms with Crippen molar-refractivity contribution in [2.75, 3.05) is 26.2 Å². The molecular formula is C20H29ClFN3O2. The summed E-state index contributed by atoms with van der Waals surface area (Å²) in [5.41, 5.74) is 0.362. The third-order valence-corrected chi connectivity index (χ3v) is 5.66. The summed E-state index contributed by atoms with van der Waals surface area (Å²) in [6, 6.07) is 4.81. The molecule has 2 amide bonds. The van der Waals surface area contributed by atoms with Gasteiger partial charge in [0.25, 0.3) is 5.91 Å². The van der Waals surface area contributed by atoms with Gasteiger partial charge in [-0.25, -0.2) is 4.39 Å². The normalized spacial score (nSPS) is 23.2. The van der Waals surface area contributed by atoms with Crippen LogP contribution in [0.5, 0.6) is 0 Å². The van der Waals surface area contributed by atoms with Crippen molar-refractivity contribution >= 4 is 24.2 Å². The van der Waals surface area contributed by atoms with E-state index in [1.165, 1.54) is 24.3 Å². The molecule has 0 bridgehead atoms. The monoisotopic (exact) mass is 397 g/mol. The topological polar surface area (TPSA) is 61.4 Å². The summed E-state index contributed by atoms with van der Waals surface area (Å²) in [5.74, 6) is 0.550. The number of rotatable bonds is 4. The zero-order valence-corrected chi connectivity index (χ0v) is 16.7. The smallest absolute Gasteiger partial charge is 0.251 e. The van der Waals surface area contributed by atoms with Crippen molar-refractivity contribution in [1.82, 2.24) is 15.5 Å². The van der Waals surface area contributed by atoms with E-state index in [4.69, 9.17) is 0 Å². The molecule has 2 N–H and O–H groups in total. The van der Waals surface area contributed by atoms with E-state index in [1.54, 1.807) is 0 Å². The lowest BCUT2D eigenvalue weighted by Gasteiger charge is -2.29. The van der Waals surface area contributed by atoms with Crippen LogP contribution in [0.15, 0.2) is 24.3 Å². The molecule has 0 aliphatic carbocycles. The van der Waals surface area contributed by atoms with Crippen LogP contribution in [0.1, 0.15) is 37.0 Å². The summed E-state index contributed by atoms with van der Waals surface area (Å²) in [6.45, 7) is 7.45. The molecule has 1 aromatic rings. The van der Waals surface area contributed by atoms with E-state index >= 15 is 0 Å². The number of carbonyl (C=O) groups is 2. The SMILES string of the molecule is CC(C)C(NC(=O)c1ccc(F)cc1)C(=O)N1CC[C@@H]2CNC[C@@H]2CC1.Cl. The van der Waals surface area contributed by atoms with Crippen LogP contribution in [0.2, 0.25) is 0 Å². The van der Waals surface area contributed by atoms with Crippen LogP contribution in [0.3, 0.4) is 0 Å². The minimum absolute atomic E-state index is 0. The Morgan fingerprint density at radius 1 is 1.11 bits per heavy atom. The van der Waals surface area contributed by atoms with E-state index in [2.05, 4.69) is 10.6 Å². The summed E-state index contributed by atoms with van der Waals surface area (Å²) in [7, 11) is 0. The molecule has 0 aromatic heterocycles. The predicted octanol–water partition coefficient (Wildman–Crippen LogP) is 2.46. The molecule has 7 heteroatoms. The Morgan fingerprint density at radius 2 is 1.67 bits per heavy atom. The fraction of sp³-hybridized carbons (Fsp3) is 0.600. The van der Waals surface area contributed by atoms with Crippen molar-refractivity contribution < 1.29 is 14.0 Å². The summed E-state index contributed by atoms with van der Waals surface area (Å²) in [5, 5.41) is 6.29. The van der Waals surface area contributed by atoms with Crippen molar-refractivity contribution in [3.63, 3.8) is 0 Å². The minimum atomic E-state index is -0.566. The van der Waals surface area contributed by atoms with Gasteiger partial charge in [-0.3, -0.25) is 9.59 Å².